The van der Waals surface area contributed by atoms with Gasteiger partial charge >= 0.3 is 8.32 Å². The molecular weight excluding hydrogens is 236 g/mol. The summed E-state index contributed by atoms with van der Waals surface area (Å²) in [4.78, 5) is 0. The van der Waals surface area contributed by atoms with Crippen LogP contribution in [0.2, 0.25) is 0 Å². The van der Waals surface area contributed by atoms with Crippen molar-refractivity contribution in [2.75, 3.05) is 6.61 Å². The van der Waals surface area contributed by atoms with Gasteiger partial charge in [0.2, 0.25) is 0 Å². The lowest BCUT2D eigenvalue weighted by Crippen LogP contribution is -2.60. The first-order valence-corrected chi connectivity index (χ1v) is 7.97. The minimum atomic E-state index is -2.49. The Bertz CT molecular complexity index is 489. The molecule has 2 aromatic carbocycles. The van der Waals surface area contributed by atoms with E-state index in [9.17, 15) is 0 Å². The summed E-state index contributed by atoms with van der Waals surface area (Å²) in [6.07, 6.45) is 5.84. The molecule has 0 bridgehead atoms. The zero-order valence-corrected chi connectivity index (χ0v) is 11.5. The van der Waals surface area contributed by atoms with Crippen LogP contribution in [0.3, 0.4) is 0 Å². The van der Waals surface area contributed by atoms with E-state index >= 15 is 0 Å². The molecule has 0 aliphatic heterocycles. The highest BCUT2D eigenvalue weighted by atomic mass is 28.4. The summed E-state index contributed by atoms with van der Waals surface area (Å²) < 4.78 is 6.05. The third-order valence-electron chi connectivity index (χ3n) is 2.92. The van der Waals surface area contributed by atoms with Crippen molar-refractivity contribution in [2.45, 2.75) is 6.92 Å². The fourth-order valence-electron chi connectivity index (χ4n) is 2.10. The van der Waals surface area contributed by atoms with Crippen molar-refractivity contribution in [3.8, 4) is 12.0 Å². The van der Waals surface area contributed by atoms with E-state index in [-0.39, 0.29) is 0 Å². The monoisotopic (exact) mass is 252 g/mol. The van der Waals surface area contributed by atoms with Gasteiger partial charge in [-0.2, -0.15) is 0 Å². The molecule has 0 saturated heterocycles. The highest BCUT2D eigenvalue weighted by molar-refractivity contribution is 7.03. The third kappa shape index (κ3) is 2.24. The minimum Gasteiger partial charge on any atom is -0.399 e. The summed E-state index contributed by atoms with van der Waals surface area (Å²) in [5.41, 5.74) is 2.97. The van der Waals surface area contributed by atoms with Crippen molar-refractivity contribution in [1.29, 1.82) is 0 Å². The third-order valence-corrected chi connectivity index (χ3v) is 6.35. The minimum absolute atomic E-state index is 0.625. The molecule has 0 radical (unpaired) electrons. The number of hydrogen-bond acceptors (Lipinski definition) is 1. The predicted molar refractivity (Wildman–Crippen MR) is 78.4 cm³/mol. The number of terminal acetylenes is 1. The Labute approximate surface area is 110 Å². The lowest BCUT2D eigenvalue weighted by Gasteiger charge is -2.26. The van der Waals surface area contributed by atoms with Crippen molar-refractivity contribution < 1.29 is 4.43 Å². The molecule has 2 rings (SSSR count). The van der Waals surface area contributed by atoms with Crippen molar-refractivity contribution in [2.24, 2.45) is 0 Å². The molecule has 0 saturated carbocycles. The molecule has 0 unspecified atom stereocenters. The fourth-order valence-corrected chi connectivity index (χ4v) is 4.94. The highest BCUT2D eigenvalue weighted by Crippen LogP contribution is 2.06. The topological polar surface area (TPSA) is 9.23 Å². The Morgan fingerprint density at radius 3 is 1.72 bits per heavy atom. The van der Waals surface area contributed by atoms with Crippen LogP contribution in [0.1, 0.15) is 6.92 Å². The Morgan fingerprint density at radius 1 is 0.944 bits per heavy atom. The van der Waals surface area contributed by atoms with Gasteiger partial charge in [-0.05, 0) is 17.3 Å². The van der Waals surface area contributed by atoms with E-state index in [1.807, 2.05) is 43.3 Å². The van der Waals surface area contributed by atoms with E-state index in [1.54, 1.807) is 0 Å². The van der Waals surface area contributed by atoms with Crippen molar-refractivity contribution in [3.05, 3.63) is 60.7 Å². The van der Waals surface area contributed by atoms with E-state index in [0.29, 0.717) is 6.61 Å². The van der Waals surface area contributed by atoms with Crippen LogP contribution < -0.4 is 10.4 Å². The van der Waals surface area contributed by atoms with Crippen molar-refractivity contribution in [1.82, 2.24) is 0 Å². The molecule has 2 heteroatoms. The summed E-state index contributed by atoms with van der Waals surface area (Å²) >= 11 is 0. The Morgan fingerprint density at radius 2 is 1.39 bits per heavy atom. The van der Waals surface area contributed by atoms with E-state index in [0.717, 1.165) is 10.4 Å². The maximum Gasteiger partial charge on any atom is 0.337 e. The normalized spacial score (nSPS) is 10.9. The first-order valence-electron chi connectivity index (χ1n) is 6.06. The molecule has 0 heterocycles. The maximum atomic E-state index is 6.05. The molecule has 0 fully saturated rings. The van der Waals surface area contributed by atoms with Crippen LogP contribution in [-0.2, 0) is 4.43 Å². The van der Waals surface area contributed by atoms with Gasteiger partial charge < -0.3 is 4.43 Å². The van der Waals surface area contributed by atoms with Crippen LogP contribution in [0.25, 0.3) is 0 Å². The molecule has 1 nitrogen and oxygen atoms in total. The molecule has 90 valence electrons. The summed E-state index contributed by atoms with van der Waals surface area (Å²) in [7, 11) is -2.49. The standard InChI is InChI=1S/C16H16OSi/c1-3-17-18(4-2,15-11-7-5-8-12-15)16-13-9-6-10-14-16/h2,5-14H,3H2,1H3. The van der Waals surface area contributed by atoms with E-state index in [2.05, 4.69) is 29.8 Å². The quantitative estimate of drug-likeness (QED) is 0.597. The number of benzene rings is 2. The number of hydrogen-bond donors (Lipinski definition) is 0. The van der Waals surface area contributed by atoms with Crippen LogP contribution in [0.5, 0.6) is 0 Å². The summed E-state index contributed by atoms with van der Waals surface area (Å²) in [5, 5.41) is 2.25. The highest BCUT2D eigenvalue weighted by Gasteiger charge is 2.37. The Balaban J connectivity index is 2.58. The van der Waals surface area contributed by atoms with Gasteiger partial charge in [0, 0.05) is 6.61 Å². The second-order valence-corrected chi connectivity index (χ2v) is 7.09. The van der Waals surface area contributed by atoms with Gasteiger partial charge in [-0.3, -0.25) is 0 Å². The van der Waals surface area contributed by atoms with Gasteiger partial charge in [-0.1, -0.05) is 66.2 Å². The lowest BCUT2D eigenvalue weighted by atomic mass is 10.4. The smallest absolute Gasteiger partial charge is 0.337 e. The number of rotatable bonds is 4. The SMILES string of the molecule is C#C[Si](OCC)(c1ccccc1)c1ccccc1. The lowest BCUT2D eigenvalue weighted by molar-refractivity contribution is 0.348. The molecule has 0 atom stereocenters. The molecule has 18 heavy (non-hydrogen) atoms. The molecule has 0 aliphatic carbocycles. The van der Waals surface area contributed by atoms with Gasteiger partial charge in [-0.25, -0.2) is 0 Å². The molecule has 2 aromatic rings. The zero-order valence-electron chi connectivity index (χ0n) is 10.5. The van der Waals surface area contributed by atoms with Crippen molar-refractivity contribution in [3.63, 3.8) is 0 Å². The van der Waals surface area contributed by atoms with Crippen LogP contribution in [0.15, 0.2) is 60.7 Å². The van der Waals surface area contributed by atoms with Gasteiger partial charge in [0.1, 0.15) is 0 Å². The van der Waals surface area contributed by atoms with E-state index < -0.39 is 8.32 Å². The van der Waals surface area contributed by atoms with Gasteiger partial charge in [0.25, 0.3) is 0 Å². The molecule has 0 N–H and O–H groups in total. The van der Waals surface area contributed by atoms with Crippen LogP contribution in [0, 0.1) is 12.0 Å². The van der Waals surface area contributed by atoms with E-state index in [4.69, 9.17) is 10.8 Å². The van der Waals surface area contributed by atoms with Gasteiger partial charge in [-0.15, -0.1) is 6.42 Å². The maximum absolute atomic E-state index is 6.05. The van der Waals surface area contributed by atoms with Crippen LogP contribution >= 0.6 is 0 Å². The Kier molecular flexibility index (Phi) is 3.98. The van der Waals surface area contributed by atoms with Crippen LogP contribution in [0.4, 0.5) is 0 Å². The molecule has 0 spiro atoms. The first-order chi connectivity index (χ1) is 8.83. The average Bonchev–Trinajstić information content (AvgIpc) is 2.47. The van der Waals surface area contributed by atoms with Crippen molar-refractivity contribution >= 4 is 18.7 Å². The molecule has 0 aromatic heterocycles. The van der Waals surface area contributed by atoms with Gasteiger partial charge in [0.05, 0.1) is 0 Å². The molecule has 0 amide bonds. The van der Waals surface area contributed by atoms with E-state index in [1.165, 1.54) is 0 Å². The zero-order chi connectivity index (χ0) is 12.8. The second kappa shape index (κ2) is 5.68. The van der Waals surface area contributed by atoms with Crippen LogP contribution in [-0.4, -0.2) is 14.9 Å². The van der Waals surface area contributed by atoms with Gasteiger partial charge in [0.15, 0.2) is 0 Å². The Hall–Kier alpha value is -1.82. The second-order valence-electron chi connectivity index (χ2n) is 3.99. The molecule has 0 aliphatic rings. The first kappa shape index (κ1) is 12.6. The fraction of sp³-hybridized carbons (Fsp3) is 0.125. The summed E-state index contributed by atoms with van der Waals surface area (Å²) in [6, 6.07) is 20.3. The summed E-state index contributed by atoms with van der Waals surface area (Å²) in [5.74, 6) is 0. The molecular formula is C16H16OSi. The average molecular weight is 252 g/mol. The largest absolute Gasteiger partial charge is 0.399 e. The summed E-state index contributed by atoms with van der Waals surface area (Å²) in [6.45, 7) is 2.62. The predicted octanol–water partition coefficient (Wildman–Crippen LogP) is 1.96.